The Morgan fingerprint density at radius 1 is 1.25 bits per heavy atom. The highest BCUT2D eigenvalue weighted by molar-refractivity contribution is 7.18. The first-order chi connectivity index (χ1) is 9.45. The van der Waals surface area contributed by atoms with Gasteiger partial charge in [-0.15, -0.1) is 22.7 Å². The lowest BCUT2D eigenvalue weighted by Gasteiger charge is -2.00. The molecule has 7 heteroatoms. The summed E-state index contributed by atoms with van der Waals surface area (Å²) >= 11 is 8.44. The van der Waals surface area contributed by atoms with Crippen LogP contribution in [0.25, 0.3) is 0 Å². The standard InChI is InChI=1S/C13H13ClN2O2S2/c1-7-8(2)19-13(15-7)16-12(18)6-3-9(17)10-4-5-11(14)20-10/h4-5H,3,6H2,1-2H3,(H,15,16,18). The number of amides is 1. The number of thiophene rings is 1. The fraction of sp³-hybridized carbons (Fsp3) is 0.308. The Labute approximate surface area is 129 Å². The van der Waals surface area contributed by atoms with Crippen LogP contribution in [0, 0.1) is 13.8 Å². The number of carbonyl (C=O) groups excluding carboxylic acids is 2. The number of carbonyl (C=O) groups is 2. The number of hydrogen-bond acceptors (Lipinski definition) is 5. The fourth-order valence-electron chi connectivity index (χ4n) is 1.52. The molecule has 0 aromatic carbocycles. The van der Waals surface area contributed by atoms with Crippen LogP contribution in [-0.4, -0.2) is 16.7 Å². The second-order valence-electron chi connectivity index (χ2n) is 4.24. The van der Waals surface area contributed by atoms with Gasteiger partial charge in [0.05, 0.1) is 14.9 Å². The summed E-state index contributed by atoms with van der Waals surface area (Å²) in [5.74, 6) is -0.265. The molecule has 2 rings (SSSR count). The Morgan fingerprint density at radius 3 is 2.55 bits per heavy atom. The first kappa shape index (κ1) is 15.2. The second kappa shape index (κ2) is 6.47. The van der Waals surface area contributed by atoms with Crippen molar-refractivity contribution in [3.8, 4) is 0 Å². The molecule has 0 saturated heterocycles. The van der Waals surface area contributed by atoms with Gasteiger partial charge in [0.1, 0.15) is 0 Å². The minimum atomic E-state index is -0.199. The van der Waals surface area contributed by atoms with E-state index in [4.69, 9.17) is 11.6 Å². The van der Waals surface area contributed by atoms with Gasteiger partial charge in [0, 0.05) is 17.7 Å². The lowest BCUT2D eigenvalue weighted by molar-refractivity contribution is -0.116. The Hall–Kier alpha value is -1.24. The molecule has 2 aromatic rings. The van der Waals surface area contributed by atoms with Crippen molar-refractivity contribution in [3.63, 3.8) is 0 Å². The zero-order chi connectivity index (χ0) is 14.7. The maximum absolute atomic E-state index is 11.8. The third kappa shape index (κ3) is 3.88. The van der Waals surface area contributed by atoms with Crippen LogP contribution in [0.5, 0.6) is 0 Å². The van der Waals surface area contributed by atoms with Gasteiger partial charge in [-0.2, -0.15) is 0 Å². The van der Waals surface area contributed by atoms with E-state index in [9.17, 15) is 9.59 Å². The van der Waals surface area contributed by atoms with E-state index in [0.29, 0.717) is 14.3 Å². The predicted octanol–water partition coefficient (Wildman–Crippen LogP) is 4.08. The SMILES string of the molecule is Cc1nc(NC(=O)CCC(=O)c2ccc(Cl)s2)sc1C. The summed E-state index contributed by atoms with van der Waals surface area (Å²) in [6.45, 7) is 3.85. The van der Waals surface area contributed by atoms with Gasteiger partial charge in [-0.05, 0) is 26.0 Å². The van der Waals surface area contributed by atoms with Crippen LogP contribution in [0.15, 0.2) is 12.1 Å². The van der Waals surface area contributed by atoms with E-state index in [1.54, 1.807) is 12.1 Å². The first-order valence-electron chi connectivity index (χ1n) is 5.98. The van der Waals surface area contributed by atoms with Gasteiger partial charge >= 0.3 is 0 Å². The number of aryl methyl sites for hydroxylation is 2. The molecule has 2 aromatic heterocycles. The normalized spacial score (nSPS) is 10.6. The molecular formula is C13H13ClN2O2S2. The molecule has 0 unspecified atom stereocenters. The summed E-state index contributed by atoms with van der Waals surface area (Å²) in [5, 5.41) is 3.29. The van der Waals surface area contributed by atoms with Gasteiger partial charge in [-0.3, -0.25) is 9.59 Å². The summed E-state index contributed by atoms with van der Waals surface area (Å²) in [6.07, 6.45) is 0.318. The Kier molecular flexibility index (Phi) is 4.91. The topological polar surface area (TPSA) is 59.1 Å². The number of rotatable bonds is 5. The summed E-state index contributed by atoms with van der Waals surface area (Å²) in [4.78, 5) is 29.5. The molecule has 20 heavy (non-hydrogen) atoms. The number of thiazole rings is 1. The molecular weight excluding hydrogens is 316 g/mol. The van der Waals surface area contributed by atoms with Crippen molar-refractivity contribution in [1.82, 2.24) is 4.98 Å². The Morgan fingerprint density at radius 2 is 2.00 bits per heavy atom. The maximum Gasteiger partial charge on any atom is 0.226 e. The molecule has 0 aliphatic carbocycles. The lowest BCUT2D eigenvalue weighted by atomic mass is 10.2. The number of halogens is 1. The Bertz CT molecular complexity index is 629. The van der Waals surface area contributed by atoms with Crippen LogP contribution >= 0.6 is 34.3 Å². The Balaban J connectivity index is 1.84. The predicted molar refractivity (Wildman–Crippen MR) is 83.1 cm³/mol. The summed E-state index contributed by atoms with van der Waals surface area (Å²) in [5.41, 5.74) is 0.912. The molecule has 0 aliphatic rings. The minimum Gasteiger partial charge on any atom is -0.302 e. The number of nitrogens with one attached hydrogen (secondary N) is 1. The van der Waals surface area contributed by atoms with Crippen molar-refractivity contribution in [3.05, 3.63) is 31.9 Å². The van der Waals surface area contributed by atoms with E-state index >= 15 is 0 Å². The molecule has 0 fully saturated rings. The maximum atomic E-state index is 11.8. The van der Waals surface area contributed by atoms with E-state index < -0.39 is 0 Å². The fourth-order valence-corrected chi connectivity index (χ4v) is 3.36. The molecule has 1 amide bonds. The van der Waals surface area contributed by atoms with Crippen LogP contribution in [-0.2, 0) is 4.79 Å². The van der Waals surface area contributed by atoms with Crippen LogP contribution < -0.4 is 5.32 Å². The van der Waals surface area contributed by atoms with Gasteiger partial charge in [-0.25, -0.2) is 4.98 Å². The molecule has 0 spiro atoms. The van der Waals surface area contributed by atoms with Crippen LogP contribution in [0.1, 0.15) is 33.1 Å². The van der Waals surface area contributed by atoms with E-state index in [2.05, 4.69) is 10.3 Å². The minimum absolute atomic E-state index is 0.0662. The molecule has 106 valence electrons. The average molecular weight is 329 g/mol. The number of nitrogens with zero attached hydrogens (tertiary/aromatic N) is 1. The number of hydrogen-bond donors (Lipinski definition) is 1. The smallest absolute Gasteiger partial charge is 0.226 e. The first-order valence-corrected chi connectivity index (χ1v) is 7.99. The highest BCUT2D eigenvalue weighted by atomic mass is 35.5. The van der Waals surface area contributed by atoms with Crippen LogP contribution in [0.4, 0.5) is 5.13 Å². The molecule has 0 bridgehead atoms. The average Bonchev–Trinajstić information content (AvgIpc) is 2.94. The number of ketones is 1. The van der Waals surface area contributed by atoms with Crippen molar-refractivity contribution in [2.45, 2.75) is 26.7 Å². The second-order valence-corrected chi connectivity index (χ2v) is 7.15. The molecule has 4 nitrogen and oxygen atoms in total. The monoisotopic (exact) mass is 328 g/mol. The molecule has 0 atom stereocenters. The third-order valence-electron chi connectivity index (χ3n) is 2.70. The molecule has 0 aliphatic heterocycles. The zero-order valence-corrected chi connectivity index (χ0v) is 13.4. The van der Waals surface area contributed by atoms with Gasteiger partial charge in [0.15, 0.2) is 10.9 Å². The summed E-state index contributed by atoms with van der Waals surface area (Å²) < 4.78 is 0.575. The van der Waals surface area contributed by atoms with Crippen LogP contribution in [0.3, 0.4) is 0 Å². The lowest BCUT2D eigenvalue weighted by Crippen LogP contribution is -2.13. The van der Waals surface area contributed by atoms with Gasteiger partial charge in [0.2, 0.25) is 5.91 Å². The van der Waals surface area contributed by atoms with E-state index in [-0.39, 0.29) is 24.5 Å². The van der Waals surface area contributed by atoms with Crippen molar-refractivity contribution < 1.29 is 9.59 Å². The van der Waals surface area contributed by atoms with Gasteiger partial charge < -0.3 is 5.32 Å². The highest BCUT2D eigenvalue weighted by Gasteiger charge is 2.13. The van der Waals surface area contributed by atoms with Crippen LogP contribution in [0.2, 0.25) is 4.34 Å². The zero-order valence-electron chi connectivity index (χ0n) is 11.0. The van der Waals surface area contributed by atoms with Crippen molar-refractivity contribution in [2.75, 3.05) is 5.32 Å². The van der Waals surface area contributed by atoms with E-state index in [0.717, 1.165) is 10.6 Å². The molecule has 1 N–H and O–H groups in total. The van der Waals surface area contributed by atoms with E-state index in [1.165, 1.54) is 22.7 Å². The molecule has 0 saturated carbocycles. The number of Topliss-reactive ketones (excluding diaryl/α,β-unsaturated/α-hetero) is 1. The number of anilines is 1. The highest BCUT2D eigenvalue weighted by Crippen LogP contribution is 2.23. The quantitative estimate of drug-likeness (QED) is 0.841. The summed E-state index contributed by atoms with van der Waals surface area (Å²) in [6, 6.07) is 3.36. The van der Waals surface area contributed by atoms with Crippen molar-refractivity contribution >= 4 is 51.1 Å². The van der Waals surface area contributed by atoms with E-state index in [1.807, 2.05) is 13.8 Å². The van der Waals surface area contributed by atoms with Crippen molar-refractivity contribution in [1.29, 1.82) is 0 Å². The number of aromatic nitrogens is 1. The summed E-state index contributed by atoms with van der Waals surface area (Å²) in [7, 11) is 0. The molecule has 2 heterocycles. The van der Waals surface area contributed by atoms with Gasteiger partial charge in [0.25, 0.3) is 0 Å². The third-order valence-corrected chi connectivity index (χ3v) is 4.96. The largest absolute Gasteiger partial charge is 0.302 e. The van der Waals surface area contributed by atoms with Gasteiger partial charge in [-0.1, -0.05) is 11.6 Å². The van der Waals surface area contributed by atoms with Crippen molar-refractivity contribution in [2.24, 2.45) is 0 Å². The molecule has 0 radical (unpaired) electrons.